The van der Waals surface area contributed by atoms with Crippen molar-refractivity contribution < 1.29 is 19.1 Å². The van der Waals surface area contributed by atoms with Crippen LogP contribution in [0, 0.1) is 0 Å². The van der Waals surface area contributed by atoms with E-state index in [1.807, 2.05) is 0 Å². The molecule has 0 aromatic heterocycles. The monoisotopic (exact) mass is 186 g/mol. The van der Waals surface area contributed by atoms with Crippen LogP contribution in [0.3, 0.4) is 0 Å². The highest BCUT2D eigenvalue weighted by Gasteiger charge is 2.18. The zero-order chi connectivity index (χ0) is 10.4. The van der Waals surface area contributed by atoms with Crippen molar-refractivity contribution in [3.63, 3.8) is 0 Å². The lowest BCUT2D eigenvalue weighted by Crippen LogP contribution is -2.30. The van der Waals surface area contributed by atoms with Gasteiger partial charge in [0.1, 0.15) is 6.10 Å². The highest BCUT2D eigenvalue weighted by molar-refractivity contribution is 5.67. The number of esters is 2. The van der Waals surface area contributed by atoms with Crippen molar-refractivity contribution in [3.05, 3.63) is 12.7 Å². The van der Waals surface area contributed by atoms with E-state index in [0.717, 1.165) is 0 Å². The zero-order valence-electron chi connectivity index (χ0n) is 8.07. The molecule has 0 bridgehead atoms. The molecule has 74 valence electrons. The van der Waals surface area contributed by atoms with Gasteiger partial charge in [-0.25, -0.2) is 0 Å². The fourth-order valence-corrected chi connectivity index (χ4v) is 0.856. The number of ether oxygens (including phenoxy) is 2. The average Bonchev–Trinajstić information content (AvgIpc) is 1.98. The Labute approximate surface area is 77.5 Å². The molecule has 0 heterocycles. The third-order valence-electron chi connectivity index (χ3n) is 1.35. The number of hydrogen-bond acceptors (Lipinski definition) is 4. The minimum atomic E-state index is -0.582. The Morgan fingerprint density at radius 1 is 1.23 bits per heavy atom. The summed E-state index contributed by atoms with van der Waals surface area (Å²) < 4.78 is 9.64. The predicted molar refractivity (Wildman–Crippen MR) is 47.0 cm³/mol. The minimum absolute atomic E-state index is 0.411. The molecule has 0 aromatic rings. The Hall–Kier alpha value is -1.32. The molecule has 0 amide bonds. The minimum Gasteiger partial charge on any atom is -0.459 e. The first-order valence-electron chi connectivity index (χ1n) is 3.94. The summed E-state index contributed by atoms with van der Waals surface area (Å²) >= 11 is 0. The molecule has 0 rings (SSSR count). The van der Waals surface area contributed by atoms with Crippen molar-refractivity contribution in [3.8, 4) is 0 Å². The molecule has 0 unspecified atom stereocenters. The molecular formula is C9H14O4. The van der Waals surface area contributed by atoms with Crippen LogP contribution in [0.2, 0.25) is 0 Å². The Morgan fingerprint density at radius 2 is 1.69 bits per heavy atom. The van der Waals surface area contributed by atoms with Gasteiger partial charge in [0.15, 0.2) is 6.10 Å². The van der Waals surface area contributed by atoms with Gasteiger partial charge in [-0.3, -0.25) is 9.59 Å². The highest BCUT2D eigenvalue weighted by Crippen LogP contribution is 2.05. The van der Waals surface area contributed by atoms with Gasteiger partial charge in [0.05, 0.1) is 0 Å². The second kappa shape index (κ2) is 5.35. The van der Waals surface area contributed by atoms with Crippen LogP contribution in [0.1, 0.15) is 20.8 Å². The Kier molecular flexibility index (Phi) is 4.80. The van der Waals surface area contributed by atoms with Crippen molar-refractivity contribution in [2.75, 3.05) is 0 Å². The topological polar surface area (TPSA) is 52.6 Å². The van der Waals surface area contributed by atoms with Crippen molar-refractivity contribution in [1.29, 1.82) is 0 Å². The Morgan fingerprint density at radius 3 is 2.00 bits per heavy atom. The van der Waals surface area contributed by atoms with Crippen LogP contribution in [-0.4, -0.2) is 24.1 Å². The molecule has 0 spiro atoms. The summed E-state index contributed by atoms with van der Waals surface area (Å²) in [5, 5.41) is 0. The van der Waals surface area contributed by atoms with Gasteiger partial charge < -0.3 is 9.47 Å². The maximum absolute atomic E-state index is 10.6. The van der Waals surface area contributed by atoms with Crippen LogP contribution in [-0.2, 0) is 19.1 Å². The lowest BCUT2D eigenvalue weighted by molar-refractivity contribution is -0.160. The van der Waals surface area contributed by atoms with E-state index in [2.05, 4.69) is 6.58 Å². The van der Waals surface area contributed by atoms with E-state index in [-0.39, 0.29) is 0 Å². The highest BCUT2D eigenvalue weighted by atomic mass is 16.6. The third-order valence-corrected chi connectivity index (χ3v) is 1.35. The summed E-state index contributed by atoms with van der Waals surface area (Å²) in [4.78, 5) is 21.2. The van der Waals surface area contributed by atoms with E-state index >= 15 is 0 Å². The van der Waals surface area contributed by atoms with Crippen LogP contribution >= 0.6 is 0 Å². The molecule has 0 saturated heterocycles. The molecule has 0 radical (unpaired) electrons. The molecule has 0 aliphatic rings. The molecule has 0 saturated carbocycles. The standard InChI is InChI=1S/C9H14O4/c1-5-9(13-8(4)11)6(2)12-7(3)10/h5-6,9H,1H2,2-4H3/t6-,9-/m0/s1. The number of carbonyl (C=O) groups is 2. The van der Waals surface area contributed by atoms with Crippen molar-refractivity contribution in [1.82, 2.24) is 0 Å². The Balaban J connectivity index is 4.14. The van der Waals surface area contributed by atoms with E-state index < -0.39 is 24.1 Å². The van der Waals surface area contributed by atoms with Crippen LogP contribution in [0.25, 0.3) is 0 Å². The Bertz CT molecular complexity index is 210. The lowest BCUT2D eigenvalue weighted by Gasteiger charge is -2.19. The van der Waals surface area contributed by atoms with Crippen molar-refractivity contribution in [2.24, 2.45) is 0 Å². The predicted octanol–water partition coefficient (Wildman–Crippen LogP) is 1.06. The summed E-state index contributed by atoms with van der Waals surface area (Å²) in [6, 6.07) is 0. The van der Waals surface area contributed by atoms with E-state index in [4.69, 9.17) is 9.47 Å². The van der Waals surface area contributed by atoms with Crippen molar-refractivity contribution >= 4 is 11.9 Å². The maximum Gasteiger partial charge on any atom is 0.303 e. The first kappa shape index (κ1) is 11.7. The molecule has 0 aromatic carbocycles. The number of carbonyl (C=O) groups excluding carboxylic acids is 2. The van der Waals surface area contributed by atoms with Crippen LogP contribution < -0.4 is 0 Å². The summed E-state index contributed by atoms with van der Waals surface area (Å²) in [6.45, 7) is 7.69. The van der Waals surface area contributed by atoms with Gasteiger partial charge >= 0.3 is 11.9 Å². The third kappa shape index (κ3) is 5.00. The molecule has 13 heavy (non-hydrogen) atoms. The van der Waals surface area contributed by atoms with Gasteiger partial charge in [-0.15, -0.1) is 0 Å². The normalized spacial score (nSPS) is 14.1. The summed E-state index contributed by atoms with van der Waals surface area (Å²) in [6.07, 6.45) is 0.343. The van der Waals surface area contributed by atoms with Crippen LogP contribution in [0.4, 0.5) is 0 Å². The second-order valence-corrected chi connectivity index (χ2v) is 2.62. The number of hydrogen-bond donors (Lipinski definition) is 0. The van der Waals surface area contributed by atoms with Gasteiger partial charge in [-0.2, -0.15) is 0 Å². The lowest BCUT2D eigenvalue weighted by atomic mass is 10.2. The molecule has 0 N–H and O–H groups in total. The van der Waals surface area contributed by atoms with Crippen LogP contribution in [0.15, 0.2) is 12.7 Å². The molecule has 2 atom stereocenters. The molecule has 4 heteroatoms. The number of rotatable bonds is 4. The quantitative estimate of drug-likeness (QED) is 0.486. The molecular weight excluding hydrogens is 172 g/mol. The molecule has 0 fully saturated rings. The van der Waals surface area contributed by atoms with Gasteiger partial charge in [0.2, 0.25) is 0 Å². The fraction of sp³-hybridized carbons (Fsp3) is 0.556. The average molecular weight is 186 g/mol. The zero-order valence-corrected chi connectivity index (χ0v) is 8.07. The summed E-state index contributed by atoms with van der Waals surface area (Å²) in [5.41, 5.74) is 0. The van der Waals surface area contributed by atoms with Gasteiger partial charge in [-0.1, -0.05) is 6.58 Å². The first-order chi connectivity index (χ1) is 5.97. The molecule has 0 aliphatic carbocycles. The molecule has 4 nitrogen and oxygen atoms in total. The largest absolute Gasteiger partial charge is 0.459 e. The molecule has 0 aliphatic heterocycles. The van der Waals surface area contributed by atoms with E-state index in [1.54, 1.807) is 6.92 Å². The second-order valence-electron chi connectivity index (χ2n) is 2.62. The van der Waals surface area contributed by atoms with Gasteiger partial charge in [-0.05, 0) is 13.0 Å². The van der Waals surface area contributed by atoms with E-state index in [1.165, 1.54) is 19.9 Å². The fourth-order valence-electron chi connectivity index (χ4n) is 0.856. The van der Waals surface area contributed by atoms with Gasteiger partial charge in [0.25, 0.3) is 0 Å². The van der Waals surface area contributed by atoms with Gasteiger partial charge in [0, 0.05) is 13.8 Å². The smallest absolute Gasteiger partial charge is 0.303 e. The van der Waals surface area contributed by atoms with Crippen LogP contribution in [0.5, 0.6) is 0 Å². The first-order valence-corrected chi connectivity index (χ1v) is 3.94. The van der Waals surface area contributed by atoms with E-state index in [9.17, 15) is 9.59 Å². The van der Waals surface area contributed by atoms with E-state index in [0.29, 0.717) is 0 Å². The summed E-state index contributed by atoms with van der Waals surface area (Å²) in [5.74, 6) is -0.838. The SMILES string of the molecule is C=C[C@H](OC(C)=O)[C@H](C)OC(C)=O. The summed E-state index contributed by atoms with van der Waals surface area (Å²) in [7, 11) is 0. The van der Waals surface area contributed by atoms with Crippen molar-refractivity contribution in [2.45, 2.75) is 33.0 Å². The maximum atomic E-state index is 10.6.